The third-order valence-electron chi connectivity index (χ3n) is 4.92. The molecule has 1 aromatic heterocycles. The molecule has 0 unspecified atom stereocenters. The molecule has 4 aromatic rings. The van der Waals surface area contributed by atoms with E-state index in [2.05, 4.69) is 10.1 Å². The molecule has 6 nitrogen and oxygen atoms in total. The number of ether oxygens (including phenoxy) is 1. The van der Waals surface area contributed by atoms with Gasteiger partial charge in [0, 0.05) is 16.1 Å². The van der Waals surface area contributed by atoms with E-state index in [1.54, 1.807) is 41.1 Å². The first-order valence-corrected chi connectivity index (χ1v) is 10.4. The van der Waals surface area contributed by atoms with Crippen molar-refractivity contribution in [3.8, 4) is 17.1 Å². The predicted molar refractivity (Wildman–Crippen MR) is 122 cm³/mol. The Balaban J connectivity index is 1.67. The summed E-state index contributed by atoms with van der Waals surface area (Å²) < 4.78 is 6.82. The molecule has 160 valence electrons. The smallest absolute Gasteiger partial charge is 0.378 e. The fourth-order valence-corrected chi connectivity index (χ4v) is 3.33. The van der Waals surface area contributed by atoms with Crippen LogP contribution in [0.5, 0.6) is 0 Å². The number of ketones is 1. The highest BCUT2D eigenvalue weighted by atomic mass is 35.5. The summed E-state index contributed by atoms with van der Waals surface area (Å²) in [4.78, 5) is 29.4. The van der Waals surface area contributed by atoms with Gasteiger partial charge in [-0.05, 0) is 55.3 Å². The summed E-state index contributed by atoms with van der Waals surface area (Å²) in [5.74, 6) is -0.729. The maximum absolute atomic E-state index is 12.7. The molecule has 0 bridgehead atoms. The van der Waals surface area contributed by atoms with E-state index in [1.807, 2.05) is 50.2 Å². The number of carbonyl (C=O) groups excluding carboxylic acids is 2. The summed E-state index contributed by atoms with van der Waals surface area (Å²) in [7, 11) is 0. The normalized spacial score (nSPS) is 10.7. The molecule has 0 saturated heterocycles. The van der Waals surface area contributed by atoms with Crippen molar-refractivity contribution in [1.29, 1.82) is 0 Å². The van der Waals surface area contributed by atoms with E-state index >= 15 is 0 Å². The van der Waals surface area contributed by atoms with E-state index in [4.69, 9.17) is 16.3 Å². The zero-order chi connectivity index (χ0) is 22.7. The highest BCUT2D eigenvalue weighted by Crippen LogP contribution is 2.25. The van der Waals surface area contributed by atoms with Crippen molar-refractivity contribution in [3.05, 3.63) is 100 Å². The molecule has 0 radical (unpaired) electrons. The minimum absolute atomic E-state index is 0.128. The molecule has 0 aliphatic heterocycles. The first kappa shape index (κ1) is 21.5. The lowest BCUT2D eigenvalue weighted by Crippen LogP contribution is -2.15. The Bertz CT molecular complexity index is 1280. The number of halogens is 1. The molecule has 0 N–H and O–H groups in total. The van der Waals surface area contributed by atoms with E-state index < -0.39 is 12.6 Å². The largest absolute Gasteiger partial charge is 0.451 e. The van der Waals surface area contributed by atoms with Gasteiger partial charge in [-0.15, -0.1) is 5.10 Å². The molecule has 3 aromatic carbocycles. The molecule has 7 heteroatoms. The molecule has 4 rings (SSSR count). The van der Waals surface area contributed by atoms with E-state index in [0.29, 0.717) is 16.4 Å². The topological polar surface area (TPSA) is 74.1 Å². The Kier molecular flexibility index (Phi) is 6.14. The Labute approximate surface area is 190 Å². The van der Waals surface area contributed by atoms with Gasteiger partial charge in [0.15, 0.2) is 18.2 Å². The molecule has 0 amide bonds. The minimum Gasteiger partial charge on any atom is -0.451 e. The van der Waals surface area contributed by atoms with E-state index in [-0.39, 0.29) is 11.6 Å². The van der Waals surface area contributed by atoms with Gasteiger partial charge in [-0.3, -0.25) is 4.79 Å². The van der Waals surface area contributed by atoms with Crippen LogP contribution in [-0.4, -0.2) is 33.1 Å². The molecule has 32 heavy (non-hydrogen) atoms. The van der Waals surface area contributed by atoms with Crippen LogP contribution >= 0.6 is 11.6 Å². The van der Waals surface area contributed by atoms with Gasteiger partial charge in [0.05, 0.1) is 5.69 Å². The Morgan fingerprint density at radius 1 is 0.969 bits per heavy atom. The number of benzene rings is 3. The van der Waals surface area contributed by atoms with Crippen molar-refractivity contribution in [2.45, 2.75) is 13.8 Å². The van der Waals surface area contributed by atoms with Crippen LogP contribution in [-0.2, 0) is 4.74 Å². The molecule has 0 aliphatic rings. The number of carbonyl (C=O) groups is 2. The summed E-state index contributed by atoms with van der Waals surface area (Å²) in [6, 6.07) is 21.7. The SMILES string of the molecule is Cc1ccc(C)c(-n2nc(C(=O)OCC(=O)c3ccccc3)nc2-c2ccc(Cl)cc2)c1. The van der Waals surface area contributed by atoms with Gasteiger partial charge in [0.2, 0.25) is 0 Å². The summed E-state index contributed by atoms with van der Waals surface area (Å²) in [5.41, 5.74) is 4.01. The first-order chi connectivity index (χ1) is 15.4. The fraction of sp³-hybridized carbons (Fsp3) is 0.120. The second-order valence-electron chi connectivity index (χ2n) is 7.33. The monoisotopic (exact) mass is 445 g/mol. The summed E-state index contributed by atoms with van der Waals surface area (Å²) in [6.45, 7) is 3.54. The van der Waals surface area contributed by atoms with Crippen LogP contribution in [0.25, 0.3) is 17.1 Å². The maximum Gasteiger partial charge on any atom is 0.378 e. The predicted octanol–water partition coefficient (Wildman–Crippen LogP) is 5.24. The lowest BCUT2D eigenvalue weighted by Gasteiger charge is -2.10. The van der Waals surface area contributed by atoms with Crippen LogP contribution in [0.15, 0.2) is 72.8 Å². The summed E-state index contributed by atoms with van der Waals surface area (Å²) in [5, 5.41) is 5.01. The average Bonchev–Trinajstić information content (AvgIpc) is 3.25. The average molecular weight is 446 g/mol. The molecule has 0 spiro atoms. The van der Waals surface area contributed by atoms with Gasteiger partial charge in [-0.2, -0.15) is 0 Å². The zero-order valence-corrected chi connectivity index (χ0v) is 18.3. The van der Waals surface area contributed by atoms with Crippen LogP contribution in [0.1, 0.15) is 32.1 Å². The molecule has 0 fully saturated rings. The highest BCUT2D eigenvalue weighted by molar-refractivity contribution is 6.30. The van der Waals surface area contributed by atoms with Crippen LogP contribution in [0.3, 0.4) is 0 Å². The molecule has 1 heterocycles. The van der Waals surface area contributed by atoms with Crippen LogP contribution in [0.4, 0.5) is 0 Å². The third kappa shape index (κ3) is 4.60. The number of Topliss-reactive ketones (excluding diaryl/α,β-unsaturated/α-hetero) is 1. The van der Waals surface area contributed by atoms with Crippen molar-refractivity contribution in [2.24, 2.45) is 0 Å². The number of aromatic nitrogens is 3. The Hall–Kier alpha value is -3.77. The minimum atomic E-state index is -0.770. The van der Waals surface area contributed by atoms with Crippen LogP contribution in [0.2, 0.25) is 5.02 Å². The summed E-state index contributed by atoms with van der Waals surface area (Å²) in [6.07, 6.45) is 0. The van der Waals surface area contributed by atoms with Crippen molar-refractivity contribution in [1.82, 2.24) is 14.8 Å². The summed E-state index contributed by atoms with van der Waals surface area (Å²) >= 11 is 6.03. The van der Waals surface area contributed by atoms with Crippen molar-refractivity contribution < 1.29 is 14.3 Å². The Morgan fingerprint density at radius 2 is 1.69 bits per heavy atom. The second-order valence-corrected chi connectivity index (χ2v) is 7.77. The third-order valence-corrected chi connectivity index (χ3v) is 5.17. The quantitative estimate of drug-likeness (QED) is 0.299. The number of aryl methyl sites for hydroxylation is 2. The lowest BCUT2D eigenvalue weighted by molar-refractivity contribution is 0.0462. The van der Waals surface area contributed by atoms with Crippen molar-refractivity contribution >= 4 is 23.4 Å². The molecular formula is C25H20ClN3O3. The number of hydrogen-bond donors (Lipinski definition) is 0. The Morgan fingerprint density at radius 3 is 2.41 bits per heavy atom. The van der Waals surface area contributed by atoms with Gasteiger partial charge >= 0.3 is 5.97 Å². The van der Waals surface area contributed by atoms with Gasteiger partial charge in [-0.1, -0.05) is 54.1 Å². The van der Waals surface area contributed by atoms with E-state index in [1.165, 1.54) is 0 Å². The number of rotatable bonds is 6. The van der Waals surface area contributed by atoms with E-state index in [9.17, 15) is 9.59 Å². The maximum atomic E-state index is 12.7. The zero-order valence-electron chi connectivity index (χ0n) is 17.6. The van der Waals surface area contributed by atoms with Crippen LogP contribution in [0, 0.1) is 13.8 Å². The molecule has 0 aliphatic carbocycles. The standard InChI is InChI=1S/C25H20ClN3O3/c1-16-8-9-17(2)21(14-16)29-24(19-10-12-20(26)13-11-19)27-23(28-29)25(31)32-15-22(30)18-6-4-3-5-7-18/h3-14H,15H2,1-2H3. The van der Waals surface area contributed by atoms with Crippen molar-refractivity contribution in [2.75, 3.05) is 6.61 Å². The van der Waals surface area contributed by atoms with Gasteiger partial charge in [0.25, 0.3) is 5.82 Å². The number of nitrogens with zero attached hydrogens (tertiary/aromatic N) is 3. The fourth-order valence-electron chi connectivity index (χ4n) is 3.20. The number of hydrogen-bond acceptors (Lipinski definition) is 5. The van der Waals surface area contributed by atoms with Gasteiger partial charge < -0.3 is 4.74 Å². The molecule has 0 saturated carbocycles. The van der Waals surface area contributed by atoms with E-state index in [0.717, 1.165) is 22.4 Å². The van der Waals surface area contributed by atoms with Gasteiger partial charge in [-0.25, -0.2) is 14.5 Å². The van der Waals surface area contributed by atoms with Crippen LogP contribution < -0.4 is 0 Å². The van der Waals surface area contributed by atoms with Gasteiger partial charge in [0.1, 0.15) is 0 Å². The molecular weight excluding hydrogens is 426 g/mol. The van der Waals surface area contributed by atoms with Crippen molar-refractivity contribution in [3.63, 3.8) is 0 Å². The molecule has 0 atom stereocenters. The highest BCUT2D eigenvalue weighted by Gasteiger charge is 2.22. The lowest BCUT2D eigenvalue weighted by atomic mass is 10.1. The first-order valence-electron chi connectivity index (χ1n) is 9.98. The number of esters is 1. The second kappa shape index (κ2) is 9.16.